The van der Waals surface area contributed by atoms with Gasteiger partial charge in [0.05, 0.1) is 31.0 Å². The van der Waals surface area contributed by atoms with Crippen molar-refractivity contribution < 1.29 is 14.6 Å². The van der Waals surface area contributed by atoms with Crippen molar-refractivity contribution in [1.29, 1.82) is 0 Å². The molecule has 0 amide bonds. The van der Waals surface area contributed by atoms with Crippen LogP contribution in [0.25, 0.3) is 0 Å². The lowest BCUT2D eigenvalue weighted by molar-refractivity contribution is 0.140. The van der Waals surface area contributed by atoms with Gasteiger partial charge >= 0.3 is 0 Å². The van der Waals surface area contributed by atoms with Gasteiger partial charge in [-0.25, -0.2) is 0 Å². The molecular weight excluding hydrogens is 342 g/mol. The van der Waals surface area contributed by atoms with Gasteiger partial charge < -0.3 is 14.6 Å². The highest BCUT2D eigenvalue weighted by Gasteiger charge is 2.32. The van der Waals surface area contributed by atoms with Gasteiger partial charge in [0.25, 0.3) is 0 Å². The van der Waals surface area contributed by atoms with Crippen molar-refractivity contribution >= 4 is 11.6 Å². The number of H-pyrrole nitrogens is 1. The number of hydrogen-bond donors (Lipinski definition) is 2. The molecule has 0 radical (unpaired) electrons. The van der Waals surface area contributed by atoms with Crippen molar-refractivity contribution in [2.75, 3.05) is 27.3 Å². The number of β-amino-alcohol motifs (C(OH)–C–C–N with tert-alkyl or cyclic N) is 1. The Kier molecular flexibility index (Phi) is 5.51. The van der Waals surface area contributed by atoms with Gasteiger partial charge in [0.15, 0.2) is 11.5 Å². The first-order chi connectivity index (χ1) is 12.0. The van der Waals surface area contributed by atoms with E-state index in [9.17, 15) is 5.11 Å². The number of rotatable bonds is 6. The minimum atomic E-state index is -0.354. The molecule has 25 heavy (non-hydrogen) atoms. The molecule has 2 aromatic rings. The van der Waals surface area contributed by atoms with E-state index in [1.165, 1.54) is 0 Å². The number of nitrogens with zero attached hydrogens (tertiary/aromatic N) is 2. The Bertz CT molecular complexity index is 734. The minimum absolute atomic E-state index is 0.179. The molecule has 2 atom stereocenters. The molecule has 0 aliphatic carbocycles. The summed E-state index contributed by atoms with van der Waals surface area (Å²) in [5.74, 6) is 1.34. The first-order valence-electron chi connectivity index (χ1n) is 8.32. The molecule has 7 heteroatoms. The van der Waals surface area contributed by atoms with E-state index in [4.69, 9.17) is 21.1 Å². The third kappa shape index (κ3) is 4.08. The van der Waals surface area contributed by atoms with E-state index in [1.54, 1.807) is 14.2 Å². The van der Waals surface area contributed by atoms with Crippen LogP contribution in [0, 0.1) is 12.8 Å². The molecule has 1 fully saturated rings. The minimum Gasteiger partial charge on any atom is -0.493 e. The fourth-order valence-corrected chi connectivity index (χ4v) is 3.75. The second-order valence-corrected chi connectivity index (χ2v) is 6.99. The lowest BCUT2D eigenvalue weighted by atomic mass is 10.0. The quantitative estimate of drug-likeness (QED) is 0.822. The van der Waals surface area contributed by atoms with E-state index in [0.29, 0.717) is 29.6 Å². The van der Waals surface area contributed by atoms with Gasteiger partial charge in [0, 0.05) is 31.2 Å². The standard InChI is InChI=1S/C18H24ClN3O3/c1-11-4-14(21-20-11)7-13-9-22(10-16(13)23)8-12-5-15(19)18(25-3)17(6-12)24-2/h4-6,13,16,23H,7-10H2,1-3H3,(H,20,21)/t13-,16-/m1/s1. The molecule has 1 saturated heterocycles. The third-order valence-electron chi connectivity index (χ3n) is 4.61. The van der Waals surface area contributed by atoms with Crippen molar-refractivity contribution in [1.82, 2.24) is 15.1 Å². The first kappa shape index (κ1) is 18.0. The molecule has 1 aliphatic heterocycles. The number of ether oxygens (including phenoxy) is 2. The molecule has 1 aromatic carbocycles. The number of aliphatic hydroxyl groups excluding tert-OH is 1. The van der Waals surface area contributed by atoms with Crippen LogP contribution in [0.1, 0.15) is 17.0 Å². The van der Waals surface area contributed by atoms with Crippen LogP contribution in [0.15, 0.2) is 18.2 Å². The maximum absolute atomic E-state index is 10.4. The summed E-state index contributed by atoms with van der Waals surface area (Å²) < 4.78 is 10.6. The van der Waals surface area contributed by atoms with E-state index >= 15 is 0 Å². The summed E-state index contributed by atoms with van der Waals surface area (Å²) >= 11 is 6.28. The number of aryl methyl sites for hydroxylation is 1. The Morgan fingerprint density at radius 2 is 2.08 bits per heavy atom. The van der Waals surface area contributed by atoms with Gasteiger partial charge in [0.1, 0.15) is 0 Å². The van der Waals surface area contributed by atoms with Crippen LogP contribution in [0.3, 0.4) is 0 Å². The molecular formula is C18H24ClN3O3. The van der Waals surface area contributed by atoms with Crippen LogP contribution in [-0.4, -0.2) is 53.6 Å². The van der Waals surface area contributed by atoms with E-state index < -0.39 is 0 Å². The monoisotopic (exact) mass is 365 g/mol. The summed E-state index contributed by atoms with van der Waals surface area (Å²) in [5, 5.41) is 18.1. The van der Waals surface area contributed by atoms with Gasteiger partial charge in [-0.1, -0.05) is 11.6 Å². The summed E-state index contributed by atoms with van der Waals surface area (Å²) in [5.41, 5.74) is 3.07. The Labute approximate surface area is 152 Å². The van der Waals surface area contributed by atoms with Gasteiger partial charge in [-0.2, -0.15) is 5.10 Å². The van der Waals surface area contributed by atoms with Crippen LogP contribution in [0.4, 0.5) is 0 Å². The average molecular weight is 366 g/mol. The predicted octanol–water partition coefficient (Wildman–Crippen LogP) is 2.42. The lowest BCUT2D eigenvalue weighted by Crippen LogP contribution is -2.21. The molecule has 0 saturated carbocycles. The number of halogens is 1. The summed E-state index contributed by atoms with van der Waals surface area (Å²) in [7, 11) is 3.17. The van der Waals surface area contributed by atoms with Crippen LogP contribution in [0.5, 0.6) is 11.5 Å². The number of methoxy groups -OCH3 is 2. The topological polar surface area (TPSA) is 70.6 Å². The maximum atomic E-state index is 10.4. The van der Waals surface area contributed by atoms with Gasteiger partial charge in [0.2, 0.25) is 0 Å². The zero-order valence-electron chi connectivity index (χ0n) is 14.8. The Hall–Kier alpha value is -1.76. The third-order valence-corrected chi connectivity index (χ3v) is 4.89. The number of hydrogen-bond acceptors (Lipinski definition) is 5. The van der Waals surface area contributed by atoms with Crippen molar-refractivity contribution in [2.24, 2.45) is 5.92 Å². The number of nitrogens with one attached hydrogen (secondary N) is 1. The van der Waals surface area contributed by atoms with Crippen molar-refractivity contribution in [3.63, 3.8) is 0 Å². The molecule has 0 unspecified atom stereocenters. The smallest absolute Gasteiger partial charge is 0.179 e. The molecule has 6 nitrogen and oxygen atoms in total. The van der Waals surface area contributed by atoms with Crippen molar-refractivity contribution in [3.05, 3.63) is 40.2 Å². The van der Waals surface area contributed by atoms with Gasteiger partial charge in [-0.05, 0) is 37.1 Å². The Morgan fingerprint density at radius 3 is 2.72 bits per heavy atom. The molecule has 0 spiro atoms. The SMILES string of the molecule is COc1cc(CN2C[C@@H](Cc3cc(C)[nH]n3)[C@H](O)C2)cc(Cl)c1OC. The Morgan fingerprint density at radius 1 is 1.28 bits per heavy atom. The van der Waals surface area contributed by atoms with Crippen molar-refractivity contribution in [2.45, 2.75) is 26.0 Å². The highest BCUT2D eigenvalue weighted by molar-refractivity contribution is 6.32. The van der Waals surface area contributed by atoms with Gasteiger partial charge in [-0.3, -0.25) is 10.00 Å². The average Bonchev–Trinajstić information content (AvgIpc) is 3.13. The van der Waals surface area contributed by atoms with Gasteiger partial charge in [-0.15, -0.1) is 0 Å². The number of aromatic amines is 1. The summed E-state index contributed by atoms with van der Waals surface area (Å²) in [6, 6.07) is 5.85. The number of aromatic nitrogens is 2. The number of aliphatic hydroxyl groups is 1. The largest absolute Gasteiger partial charge is 0.493 e. The maximum Gasteiger partial charge on any atom is 0.179 e. The van der Waals surface area contributed by atoms with E-state index in [2.05, 4.69) is 15.1 Å². The molecule has 1 aromatic heterocycles. The molecule has 0 bridgehead atoms. The first-order valence-corrected chi connectivity index (χ1v) is 8.69. The van der Waals surface area contributed by atoms with E-state index in [-0.39, 0.29) is 12.0 Å². The fraction of sp³-hybridized carbons (Fsp3) is 0.500. The normalized spacial score (nSPS) is 20.8. The Balaban J connectivity index is 1.67. The second kappa shape index (κ2) is 7.64. The van der Waals surface area contributed by atoms with E-state index in [0.717, 1.165) is 29.9 Å². The lowest BCUT2D eigenvalue weighted by Gasteiger charge is -2.17. The highest BCUT2D eigenvalue weighted by Crippen LogP contribution is 2.36. The van der Waals surface area contributed by atoms with Crippen LogP contribution in [0.2, 0.25) is 5.02 Å². The highest BCUT2D eigenvalue weighted by atomic mass is 35.5. The van der Waals surface area contributed by atoms with Crippen molar-refractivity contribution in [3.8, 4) is 11.5 Å². The molecule has 136 valence electrons. The van der Waals surface area contributed by atoms with Crippen LogP contribution >= 0.6 is 11.6 Å². The zero-order chi connectivity index (χ0) is 18.0. The molecule has 2 N–H and O–H groups in total. The molecule has 1 aliphatic rings. The fourth-order valence-electron chi connectivity index (χ4n) is 3.44. The summed E-state index contributed by atoms with van der Waals surface area (Å²) in [6.07, 6.45) is 0.418. The second-order valence-electron chi connectivity index (χ2n) is 6.58. The summed E-state index contributed by atoms with van der Waals surface area (Å²) in [6.45, 7) is 4.14. The predicted molar refractivity (Wildman–Crippen MR) is 96.4 cm³/mol. The molecule has 3 rings (SSSR count). The zero-order valence-corrected chi connectivity index (χ0v) is 15.5. The number of likely N-dealkylation sites (tertiary alicyclic amines) is 1. The number of benzene rings is 1. The van der Waals surface area contributed by atoms with E-state index in [1.807, 2.05) is 25.1 Å². The van der Waals surface area contributed by atoms with Crippen LogP contribution < -0.4 is 9.47 Å². The van der Waals surface area contributed by atoms with Crippen LogP contribution in [-0.2, 0) is 13.0 Å². The summed E-state index contributed by atoms with van der Waals surface area (Å²) in [4.78, 5) is 2.23. The molecule has 2 heterocycles.